The molecule has 3 aromatic rings. The van der Waals surface area contributed by atoms with Crippen molar-refractivity contribution in [3.8, 4) is 11.3 Å². The third-order valence-electron chi connectivity index (χ3n) is 5.42. The second-order valence-electron chi connectivity index (χ2n) is 7.28. The van der Waals surface area contributed by atoms with Gasteiger partial charge in [0.1, 0.15) is 6.33 Å². The third-order valence-corrected chi connectivity index (χ3v) is 5.42. The van der Waals surface area contributed by atoms with Crippen LogP contribution >= 0.6 is 0 Å². The predicted molar refractivity (Wildman–Crippen MR) is 111 cm³/mol. The van der Waals surface area contributed by atoms with Crippen molar-refractivity contribution in [2.24, 2.45) is 0 Å². The Morgan fingerprint density at radius 2 is 1.93 bits per heavy atom. The molecule has 1 aliphatic rings. The minimum absolute atomic E-state index is 0.0698. The van der Waals surface area contributed by atoms with Gasteiger partial charge in [-0.15, -0.1) is 10.2 Å². The summed E-state index contributed by atoms with van der Waals surface area (Å²) in [6, 6.07) is 13.2. The molecule has 1 fully saturated rings. The van der Waals surface area contributed by atoms with Gasteiger partial charge in [0.25, 0.3) is 5.91 Å². The molecule has 0 unspecified atom stereocenters. The van der Waals surface area contributed by atoms with Crippen LogP contribution in [0.4, 0.5) is 5.82 Å². The lowest BCUT2D eigenvalue weighted by molar-refractivity contribution is 0.0739. The molecular weight excluding hydrogens is 364 g/mol. The average Bonchev–Trinajstić information content (AvgIpc) is 3.33. The van der Waals surface area contributed by atoms with Gasteiger partial charge in [-0.05, 0) is 50.1 Å². The maximum atomic E-state index is 13.0. The van der Waals surface area contributed by atoms with Crippen LogP contribution in [0, 0.1) is 0 Å². The molecule has 2 aromatic heterocycles. The molecule has 0 aliphatic carbocycles. The lowest BCUT2D eigenvalue weighted by Gasteiger charge is -2.24. The van der Waals surface area contributed by atoms with Gasteiger partial charge in [0.15, 0.2) is 5.82 Å². The number of aromatic nitrogens is 4. The van der Waals surface area contributed by atoms with E-state index < -0.39 is 0 Å². The Kier molecular flexibility index (Phi) is 5.46. The second-order valence-corrected chi connectivity index (χ2v) is 7.28. The van der Waals surface area contributed by atoms with E-state index in [1.807, 2.05) is 49.4 Å². The Morgan fingerprint density at radius 1 is 1.10 bits per heavy atom. The molecular formula is C22H24N6O. The first-order valence-corrected chi connectivity index (χ1v) is 9.85. The van der Waals surface area contributed by atoms with Crippen LogP contribution in [-0.2, 0) is 0 Å². The fraction of sp³-hybridized carbons (Fsp3) is 0.318. The molecule has 1 aliphatic heterocycles. The number of carbonyl (C=O) groups is 1. The molecule has 7 nitrogen and oxygen atoms in total. The topological polar surface area (TPSA) is 75.1 Å². The molecule has 0 bridgehead atoms. The van der Waals surface area contributed by atoms with E-state index in [0.717, 1.165) is 35.9 Å². The smallest absolute Gasteiger partial charge is 0.254 e. The predicted octanol–water partition coefficient (Wildman–Crippen LogP) is 3.37. The summed E-state index contributed by atoms with van der Waals surface area (Å²) in [7, 11) is 1.78. The summed E-state index contributed by atoms with van der Waals surface area (Å²) >= 11 is 0. The maximum Gasteiger partial charge on any atom is 0.254 e. The largest absolute Gasteiger partial charge is 0.355 e. The summed E-state index contributed by atoms with van der Waals surface area (Å²) in [5.41, 5.74) is 3.04. The van der Waals surface area contributed by atoms with Crippen molar-refractivity contribution in [3.63, 3.8) is 0 Å². The van der Waals surface area contributed by atoms with Gasteiger partial charge in [0.2, 0.25) is 0 Å². The van der Waals surface area contributed by atoms with Crippen LogP contribution in [0.15, 0.2) is 55.0 Å². The van der Waals surface area contributed by atoms with E-state index in [2.05, 4.69) is 25.1 Å². The molecule has 1 saturated heterocycles. The van der Waals surface area contributed by atoms with Crippen LogP contribution in [0.2, 0.25) is 0 Å². The SMILES string of the molecule is C[C@@H](c1ccncn1)N(C)C(=O)c1cccc(-c2ccc(N3CCCC3)nn2)c1. The highest BCUT2D eigenvalue weighted by Crippen LogP contribution is 2.24. The molecule has 4 rings (SSSR count). The molecule has 1 aromatic carbocycles. The molecule has 0 radical (unpaired) electrons. The number of benzene rings is 1. The van der Waals surface area contributed by atoms with Gasteiger partial charge in [-0.1, -0.05) is 12.1 Å². The van der Waals surface area contributed by atoms with Crippen molar-refractivity contribution in [3.05, 3.63) is 66.2 Å². The quantitative estimate of drug-likeness (QED) is 0.667. The second kappa shape index (κ2) is 8.34. The summed E-state index contributed by atoms with van der Waals surface area (Å²) < 4.78 is 0. The highest BCUT2D eigenvalue weighted by atomic mass is 16.2. The molecule has 1 amide bonds. The summed E-state index contributed by atoms with van der Waals surface area (Å²) in [5, 5.41) is 8.77. The standard InChI is InChI=1S/C22H24N6O/c1-16(19-10-11-23-15-24-19)27(2)22(29)18-7-5-6-17(14-18)20-8-9-21(26-25-20)28-12-3-4-13-28/h5-11,14-16H,3-4,12-13H2,1-2H3/t16-/m0/s1. The monoisotopic (exact) mass is 388 g/mol. The van der Waals surface area contributed by atoms with Crippen LogP contribution < -0.4 is 4.90 Å². The molecule has 3 heterocycles. The van der Waals surface area contributed by atoms with Crippen molar-refractivity contribution < 1.29 is 4.79 Å². The van der Waals surface area contributed by atoms with Crippen LogP contribution in [0.5, 0.6) is 0 Å². The van der Waals surface area contributed by atoms with E-state index >= 15 is 0 Å². The molecule has 0 N–H and O–H groups in total. The summed E-state index contributed by atoms with van der Waals surface area (Å²) in [4.78, 5) is 25.1. The van der Waals surface area contributed by atoms with Gasteiger partial charge >= 0.3 is 0 Å². The van der Waals surface area contributed by atoms with E-state index in [9.17, 15) is 4.79 Å². The van der Waals surface area contributed by atoms with Crippen molar-refractivity contribution >= 4 is 11.7 Å². The van der Waals surface area contributed by atoms with Crippen molar-refractivity contribution in [1.29, 1.82) is 0 Å². The number of amides is 1. The maximum absolute atomic E-state index is 13.0. The molecule has 0 saturated carbocycles. The van der Waals surface area contributed by atoms with Gasteiger partial charge < -0.3 is 9.80 Å². The van der Waals surface area contributed by atoms with Gasteiger partial charge in [-0.2, -0.15) is 0 Å². The van der Waals surface area contributed by atoms with Gasteiger partial charge in [0.05, 0.1) is 17.4 Å². The first-order valence-electron chi connectivity index (χ1n) is 9.85. The van der Waals surface area contributed by atoms with E-state index in [0.29, 0.717) is 5.56 Å². The summed E-state index contributed by atoms with van der Waals surface area (Å²) in [6.07, 6.45) is 5.58. The molecule has 0 spiro atoms. The van der Waals surface area contributed by atoms with E-state index in [1.165, 1.54) is 19.2 Å². The van der Waals surface area contributed by atoms with Gasteiger partial charge in [-0.25, -0.2) is 9.97 Å². The van der Waals surface area contributed by atoms with Crippen LogP contribution in [0.3, 0.4) is 0 Å². The summed E-state index contributed by atoms with van der Waals surface area (Å²) in [6.45, 7) is 4.02. The zero-order valence-corrected chi connectivity index (χ0v) is 16.7. The fourth-order valence-corrected chi connectivity index (χ4v) is 3.53. The highest BCUT2D eigenvalue weighted by Gasteiger charge is 2.20. The van der Waals surface area contributed by atoms with Crippen molar-refractivity contribution in [2.45, 2.75) is 25.8 Å². The Morgan fingerprint density at radius 3 is 2.62 bits per heavy atom. The molecule has 1 atom stereocenters. The number of rotatable bonds is 5. The molecule has 148 valence electrons. The molecule has 29 heavy (non-hydrogen) atoms. The number of hydrogen-bond acceptors (Lipinski definition) is 6. The summed E-state index contributed by atoms with van der Waals surface area (Å²) in [5.74, 6) is 0.844. The van der Waals surface area contributed by atoms with Crippen LogP contribution in [0.1, 0.15) is 41.9 Å². The van der Waals surface area contributed by atoms with Gasteiger partial charge in [0, 0.05) is 37.5 Å². The molecule has 7 heteroatoms. The third kappa shape index (κ3) is 4.08. The average molecular weight is 388 g/mol. The zero-order valence-electron chi connectivity index (χ0n) is 16.7. The minimum atomic E-state index is -0.159. The Balaban J connectivity index is 1.52. The van der Waals surface area contributed by atoms with E-state index in [4.69, 9.17) is 0 Å². The van der Waals surface area contributed by atoms with E-state index in [1.54, 1.807) is 18.1 Å². The first-order chi connectivity index (χ1) is 14.1. The number of anilines is 1. The number of carbonyl (C=O) groups excluding carboxylic acids is 1. The highest BCUT2D eigenvalue weighted by molar-refractivity contribution is 5.95. The Hall–Kier alpha value is -3.35. The Labute approximate surface area is 170 Å². The lowest BCUT2D eigenvalue weighted by Crippen LogP contribution is -2.30. The van der Waals surface area contributed by atoms with Crippen molar-refractivity contribution in [1.82, 2.24) is 25.1 Å². The van der Waals surface area contributed by atoms with Gasteiger partial charge in [-0.3, -0.25) is 4.79 Å². The fourth-order valence-electron chi connectivity index (χ4n) is 3.53. The van der Waals surface area contributed by atoms with Crippen LogP contribution in [0.25, 0.3) is 11.3 Å². The lowest BCUT2D eigenvalue weighted by atomic mass is 10.1. The first kappa shape index (κ1) is 19.0. The van der Waals surface area contributed by atoms with Crippen LogP contribution in [-0.4, -0.2) is 51.1 Å². The minimum Gasteiger partial charge on any atom is -0.355 e. The number of nitrogens with zero attached hydrogens (tertiary/aromatic N) is 6. The number of hydrogen-bond donors (Lipinski definition) is 0. The van der Waals surface area contributed by atoms with Crippen molar-refractivity contribution in [2.75, 3.05) is 25.0 Å². The normalized spacial score (nSPS) is 14.6. The zero-order chi connectivity index (χ0) is 20.2. The Bertz CT molecular complexity index is 970. The van der Waals surface area contributed by atoms with E-state index in [-0.39, 0.29) is 11.9 Å².